The summed E-state index contributed by atoms with van der Waals surface area (Å²) < 4.78 is 23.0. The maximum atomic E-state index is 15.5. The van der Waals surface area contributed by atoms with Crippen molar-refractivity contribution in [3.63, 3.8) is 0 Å². The van der Waals surface area contributed by atoms with Gasteiger partial charge in [-0.1, -0.05) is 6.07 Å². The number of fused-ring (bicyclic) bond motifs is 2. The fourth-order valence-electron chi connectivity index (χ4n) is 3.74. The molecule has 1 aliphatic heterocycles. The molecule has 0 atom stereocenters. The minimum atomic E-state index is -0.424. The number of nitrogens with zero attached hydrogens (tertiary/aromatic N) is 3. The summed E-state index contributed by atoms with van der Waals surface area (Å²) >= 11 is 0. The van der Waals surface area contributed by atoms with Gasteiger partial charge < -0.3 is 25.3 Å². The second kappa shape index (κ2) is 6.87. The molecule has 0 unspecified atom stereocenters. The number of hydrogen-bond acceptors (Lipinski definition) is 5. The summed E-state index contributed by atoms with van der Waals surface area (Å²) in [6, 6.07) is 7.32. The van der Waals surface area contributed by atoms with Crippen molar-refractivity contribution in [3.8, 4) is 28.5 Å². The van der Waals surface area contributed by atoms with Crippen molar-refractivity contribution in [2.24, 2.45) is 0 Å². The molecule has 0 saturated carbocycles. The number of carbonyl (C=O) groups is 1. The van der Waals surface area contributed by atoms with Crippen LogP contribution in [0.2, 0.25) is 0 Å². The van der Waals surface area contributed by atoms with Crippen LogP contribution in [-0.2, 0) is 6.54 Å². The third-order valence-corrected chi connectivity index (χ3v) is 5.25. The van der Waals surface area contributed by atoms with Crippen molar-refractivity contribution in [3.05, 3.63) is 48.0 Å². The van der Waals surface area contributed by atoms with Crippen molar-refractivity contribution in [2.75, 3.05) is 19.4 Å². The van der Waals surface area contributed by atoms with Gasteiger partial charge in [-0.2, -0.15) is 4.98 Å². The highest BCUT2D eigenvalue weighted by Gasteiger charge is 2.21. The van der Waals surface area contributed by atoms with Crippen molar-refractivity contribution < 1.29 is 13.9 Å². The molecule has 0 aliphatic carbocycles. The number of H-pyrrole nitrogens is 1. The number of imidazole rings is 1. The van der Waals surface area contributed by atoms with E-state index in [4.69, 9.17) is 10.5 Å². The van der Waals surface area contributed by atoms with Gasteiger partial charge in [-0.3, -0.25) is 4.79 Å². The Morgan fingerprint density at radius 3 is 3.00 bits per heavy atom. The second-order valence-electron chi connectivity index (χ2n) is 7.08. The molecule has 3 aromatic heterocycles. The molecule has 1 aliphatic rings. The zero-order valence-corrected chi connectivity index (χ0v) is 16.2. The lowest BCUT2D eigenvalue weighted by Crippen LogP contribution is -2.18. The Morgan fingerprint density at radius 2 is 2.20 bits per heavy atom. The van der Waals surface area contributed by atoms with Gasteiger partial charge in [0.2, 0.25) is 0 Å². The number of amides is 1. The van der Waals surface area contributed by atoms with Gasteiger partial charge in [0.05, 0.1) is 23.4 Å². The zero-order chi connectivity index (χ0) is 20.8. The minimum Gasteiger partial charge on any atom is -0.465 e. The number of halogens is 1. The van der Waals surface area contributed by atoms with Crippen LogP contribution in [0.4, 0.5) is 10.2 Å². The number of rotatable bonds is 3. The molecule has 152 valence electrons. The van der Waals surface area contributed by atoms with Crippen LogP contribution in [0.5, 0.6) is 6.01 Å². The Bertz CT molecular complexity index is 1270. The average Bonchev–Trinajstić information content (AvgIpc) is 3.38. The molecule has 30 heavy (non-hydrogen) atoms. The van der Waals surface area contributed by atoms with E-state index in [2.05, 4.69) is 20.3 Å². The average molecular weight is 406 g/mol. The number of anilines is 1. The fourth-order valence-corrected chi connectivity index (χ4v) is 3.74. The number of nitrogens with two attached hydrogens (primary N) is 1. The van der Waals surface area contributed by atoms with Crippen molar-refractivity contribution >= 4 is 22.6 Å². The van der Waals surface area contributed by atoms with Crippen LogP contribution in [0.15, 0.2) is 36.7 Å². The van der Waals surface area contributed by atoms with Crippen LogP contribution < -0.4 is 15.8 Å². The molecule has 5 rings (SSSR count). The molecule has 1 amide bonds. The van der Waals surface area contributed by atoms with E-state index in [-0.39, 0.29) is 11.7 Å². The van der Waals surface area contributed by atoms with E-state index in [1.165, 1.54) is 13.2 Å². The van der Waals surface area contributed by atoms with Crippen LogP contribution in [-0.4, -0.2) is 39.1 Å². The van der Waals surface area contributed by atoms with Crippen LogP contribution in [0.1, 0.15) is 16.8 Å². The third-order valence-electron chi connectivity index (χ3n) is 5.25. The van der Waals surface area contributed by atoms with E-state index in [1.54, 1.807) is 30.5 Å². The molecular formula is C21H19FN6O2. The van der Waals surface area contributed by atoms with Crippen molar-refractivity contribution in [2.45, 2.75) is 13.0 Å². The first-order valence-corrected chi connectivity index (χ1v) is 9.55. The van der Waals surface area contributed by atoms with Gasteiger partial charge in [0.15, 0.2) is 0 Å². The third kappa shape index (κ3) is 2.78. The van der Waals surface area contributed by atoms with Crippen LogP contribution in [0, 0.1) is 5.82 Å². The first kappa shape index (κ1) is 18.2. The molecule has 0 radical (unpaired) electrons. The maximum absolute atomic E-state index is 15.5. The van der Waals surface area contributed by atoms with Gasteiger partial charge in [0.1, 0.15) is 11.6 Å². The number of hydrogen-bond donors (Lipinski definition) is 3. The Hall–Kier alpha value is -3.88. The number of carbonyl (C=O) groups excluding carboxylic acids is 1. The van der Waals surface area contributed by atoms with Gasteiger partial charge in [-0.15, -0.1) is 0 Å². The SMILES string of the molecule is CNC(=O)c1cnc(N)c2[nH]c(-c3cccc(-c4cn5c(n4)OCCC5)c3F)cc12. The monoisotopic (exact) mass is 406 g/mol. The quantitative estimate of drug-likeness (QED) is 0.484. The molecule has 8 nitrogen and oxygen atoms in total. The van der Waals surface area contributed by atoms with Gasteiger partial charge >= 0.3 is 0 Å². The first-order valence-electron chi connectivity index (χ1n) is 9.55. The van der Waals surface area contributed by atoms with Crippen LogP contribution >= 0.6 is 0 Å². The summed E-state index contributed by atoms with van der Waals surface area (Å²) in [5.74, 6) is -0.484. The molecule has 0 spiro atoms. The largest absolute Gasteiger partial charge is 0.465 e. The number of pyridine rings is 1. The van der Waals surface area contributed by atoms with Crippen molar-refractivity contribution in [1.29, 1.82) is 0 Å². The topological polar surface area (TPSA) is 111 Å². The molecular weight excluding hydrogens is 387 g/mol. The van der Waals surface area contributed by atoms with Gasteiger partial charge in [0, 0.05) is 48.2 Å². The number of aromatic amines is 1. The number of aryl methyl sites for hydroxylation is 1. The standard InChI is InChI=1S/C21H19FN6O2/c1-24-20(29)14-9-25-19(23)18-13(14)8-15(26-18)11-4-2-5-12(17(11)22)16-10-28-6-3-7-30-21(28)27-16/h2,4-5,8-10,26H,3,6-7H2,1H3,(H2,23,25)(H,24,29). The molecule has 9 heteroatoms. The lowest BCUT2D eigenvalue weighted by molar-refractivity contribution is 0.0964. The van der Waals surface area contributed by atoms with Crippen LogP contribution in [0.3, 0.4) is 0 Å². The molecule has 0 fully saturated rings. The minimum absolute atomic E-state index is 0.236. The fraction of sp³-hybridized carbons (Fsp3) is 0.190. The van der Waals surface area contributed by atoms with E-state index in [1.807, 2.05) is 4.57 Å². The number of nitrogen functional groups attached to an aromatic ring is 1. The Kier molecular flexibility index (Phi) is 4.16. The number of ether oxygens (including phenoxy) is 1. The van der Waals surface area contributed by atoms with Gasteiger partial charge in [0.25, 0.3) is 11.9 Å². The molecule has 4 aromatic rings. The van der Waals surface area contributed by atoms with E-state index in [0.717, 1.165) is 13.0 Å². The summed E-state index contributed by atoms with van der Waals surface area (Å²) in [5, 5.41) is 3.15. The van der Waals surface area contributed by atoms with Gasteiger partial charge in [-0.05, 0) is 24.6 Å². The van der Waals surface area contributed by atoms with Crippen LogP contribution in [0.25, 0.3) is 33.4 Å². The highest BCUT2D eigenvalue weighted by atomic mass is 19.1. The highest BCUT2D eigenvalue weighted by Crippen LogP contribution is 2.34. The number of nitrogens with one attached hydrogen (secondary N) is 2. The summed E-state index contributed by atoms with van der Waals surface area (Å²) in [7, 11) is 1.54. The summed E-state index contributed by atoms with van der Waals surface area (Å²) in [5.41, 5.74) is 8.55. The van der Waals surface area contributed by atoms with Crippen molar-refractivity contribution in [1.82, 2.24) is 24.8 Å². The molecule has 0 saturated heterocycles. The smallest absolute Gasteiger partial charge is 0.296 e. The number of benzene rings is 1. The summed E-state index contributed by atoms with van der Waals surface area (Å²) in [4.78, 5) is 23.8. The molecule has 4 N–H and O–H groups in total. The second-order valence-corrected chi connectivity index (χ2v) is 7.08. The van der Waals surface area contributed by atoms with E-state index < -0.39 is 5.82 Å². The molecule has 1 aromatic carbocycles. The molecule has 0 bridgehead atoms. The normalized spacial score (nSPS) is 13.1. The Labute approximate surface area is 170 Å². The molecule has 4 heterocycles. The lowest BCUT2D eigenvalue weighted by atomic mass is 10.0. The summed E-state index contributed by atoms with van der Waals surface area (Å²) in [6.07, 6.45) is 4.10. The van der Waals surface area contributed by atoms with E-state index in [9.17, 15) is 4.79 Å². The highest BCUT2D eigenvalue weighted by molar-refractivity contribution is 6.09. The number of aromatic nitrogens is 4. The van der Waals surface area contributed by atoms with E-state index >= 15 is 4.39 Å². The Morgan fingerprint density at radius 1 is 1.37 bits per heavy atom. The van der Waals surface area contributed by atoms with E-state index in [0.29, 0.717) is 51.6 Å². The maximum Gasteiger partial charge on any atom is 0.296 e. The Balaban J connectivity index is 1.64. The summed E-state index contributed by atoms with van der Waals surface area (Å²) in [6.45, 7) is 1.40. The predicted molar refractivity (Wildman–Crippen MR) is 111 cm³/mol. The van der Waals surface area contributed by atoms with Gasteiger partial charge in [-0.25, -0.2) is 9.37 Å². The lowest BCUT2D eigenvalue weighted by Gasteiger charge is -2.13. The first-order chi connectivity index (χ1) is 14.6. The zero-order valence-electron chi connectivity index (χ0n) is 16.2. The predicted octanol–water partition coefficient (Wildman–Crippen LogP) is 2.96.